The van der Waals surface area contributed by atoms with Gasteiger partial charge in [-0.25, -0.2) is 34.1 Å². The summed E-state index contributed by atoms with van der Waals surface area (Å²) in [6, 6.07) is -0.873. The van der Waals surface area contributed by atoms with Crippen molar-refractivity contribution in [2.24, 2.45) is 15.2 Å². The van der Waals surface area contributed by atoms with Crippen LogP contribution in [0, 0.1) is 4.91 Å². The van der Waals surface area contributed by atoms with Gasteiger partial charge in [0.2, 0.25) is 12.2 Å². The molecule has 0 aromatic heterocycles. The van der Waals surface area contributed by atoms with Crippen LogP contribution in [0.25, 0.3) is 0 Å². The number of allylic oxidation sites excluding steroid dienone is 1. The van der Waals surface area contributed by atoms with E-state index in [0.717, 1.165) is 57.8 Å². The molecule has 0 fully saturated rings. The summed E-state index contributed by atoms with van der Waals surface area (Å²) in [4.78, 5) is 63.8. The van der Waals surface area contributed by atoms with Gasteiger partial charge < -0.3 is 10.6 Å². The van der Waals surface area contributed by atoms with Crippen LogP contribution in [0.1, 0.15) is 77.0 Å². The summed E-state index contributed by atoms with van der Waals surface area (Å²) in [6.07, 6.45) is 12.3. The Hall–Kier alpha value is -3.16. The standard InChI is InChI=1S/C23H38N6O5/c1-21(28-34)13-7-6-12-18-29(22(32)26-16-10-4-2-8-14-24-19-30)23(33)27-17-11-5-3-9-15-25-20-31/h1-18H2,(H,26,32)(H,27,33). The summed E-state index contributed by atoms with van der Waals surface area (Å²) in [5.41, 5.74) is 0.295. The number of amides is 4. The van der Waals surface area contributed by atoms with Crippen LogP contribution >= 0.6 is 0 Å². The van der Waals surface area contributed by atoms with E-state index in [1.54, 1.807) is 0 Å². The van der Waals surface area contributed by atoms with Crippen LogP contribution in [0.15, 0.2) is 27.4 Å². The fraction of sp³-hybridized carbons (Fsp3) is 0.739. The zero-order valence-corrected chi connectivity index (χ0v) is 20.1. The maximum absolute atomic E-state index is 12.6. The van der Waals surface area contributed by atoms with E-state index in [0.29, 0.717) is 51.1 Å². The minimum Gasteiger partial charge on any atom is -0.338 e. The molecule has 0 aromatic carbocycles. The van der Waals surface area contributed by atoms with E-state index in [9.17, 15) is 24.1 Å². The Kier molecular flexibility index (Phi) is 20.9. The van der Waals surface area contributed by atoms with Crippen LogP contribution < -0.4 is 10.6 Å². The Morgan fingerprint density at radius 2 is 1.18 bits per heavy atom. The van der Waals surface area contributed by atoms with Crippen LogP contribution in [0.2, 0.25) is 0 Å². The Labute approximate surface area is 201 Å². The van der Waals surface area contributed by atoms with Gasteiger partial charge in [-0.15, -0.1) is 4.91 Å². The third-order valence-corrected chi connectivity index (χ3v) is 5.04. The minimum atomic E-state index is -0.436. The number of aliphatic imine (C=N–C) groups is 2. The van der Waals surface area contributed by atoms with Gasteiger partial charge in [0.1, 0.15) is 0 Å². The molecular weight excluding hydrogens is 440 g/mol. The molecule has 0 aliphatic heterocycles. The monoisotopic (exact) mass is 478 g/mol. The third kappa shape index (κ3) is 18.4. The van der Waals surface area contributed by atoms with Gasteiger partial charge in [-0.05, 0) is 50.1 Å². The van der Waals surface area contributed by atoms with E-state index in [2.05, 4.69) is 32.4 Å². The van der Waals surface area contributed by atoms with Gasteiger partial charge in [-0.3, -0.25) is 0 Å². The summed E-state index contributed by atoms with van der Waals surface area (Å²) in [7, 11) is 0. The molecule has 0 aliphatic rings. The van der Waals surface area contributed by atoms with Crippen LogP contribution in [0.5, 0.6) is 0 Å². The molecule has 34 heavy (non-hydrogen) atoms. The predicted octanol–water partition coefficient (Wildman–Crippen LogP) is 4.34. The lowest BCUT2D eigenvalue weighted by molar-refractivity contribution is 0.184. The lowest BCUT2D eigenvalue weighted by Gasteiger charge is -2.22. The Bertz CT molecular complexity index is 658. The summed E-state index contributed by atoms with van der Waals surface area (Å²) >= 11 is 0. The summed E-state index contributed by atoms with van der Waals surface area (Å²) in [5, 5.41) is 8.37. The lowest BCUT2D eigenvalue weighted by atomic mass is 10.1. The van der Waals surface area contributed by atoms with E-state index < -0.39 is 12.1 Å². The number of hydrogen-bond donors (Lipinski definition) is 2. The highest BCUT2D eigenvalue weighted by Gasteiger charge is 2.20. The van der Waals surface area contributed by atoms with Gasteiger partial charge in [0.15, 0.2) is 0 Å². The largest absolute Gasteiger partial charge is 0.338 e. The first-order chi connectivity index (χ1) is 16.6. The first-order valence-corrected chi connectivity index (χ1v) is 12.0. The van der Waals surface area contributed by atoms with Crippen molar-refractivity contribution in [1.82, 2.24) is 15.5 Å². The van der Waals surface area contributed by atoms with Crippen LogP contribution in [-0.4, -0.2) is 61.8 Å². The lowest BCUT2D eigenvalue weighted by Crippen LogP contribution is -2.49. The maximum atomic E-state index is 12.6. The van der Waals surface area contributed by atoms with Crippen molar-refractivity contribution in [2.75, 3.05) is 32.7 Å². The van der Waals surface area contributed by atoms with E-state index in [1.807, 2.05) is 0 Å². The number of isocyanates is 2. The molecule has 0 unspecified atom stereocenters. The molecule has 4 amide bonds. The average Bonchev–Trinajstić information content (AvgIpc) is 2.84. The SMILES string of the molecule is C=C(CCCCCN(C(=O)NCCCCCCN=C=O)C(=O)NCCCCCCN=C=O)N=O. The molecule has 11 nitrogen and oxygen atoms in total. The average molecular weight is 479 g/mol. The second-order valence-electron chi connectivity index (χ2n) is 7.86. The third-order valence-electron chi connectivity index (χ3n) is 5.04. The van der Waals surface area contributed by atoms with Crippen molar-refractivity contribution in [3.05, 3.63) is 17.2 Å². The van der Waals surface area contributed by atoms with Gasteiger partial charge >= 0.3 is 12.1 Å². The van der Waals surface area contributed by atoms with Gasteiger partial charge in [-0.1, -0.05) is 38.7 Å². The normalized spacial score (nSPS) is 9.88. The summed E-state index contributed by atoms with van der Waals surface area (Å²) < 4.78 is 0. The van der Waals surface area contributed by atoms with E-state index >= 15 is 0 Å². The fourth-order valence-corrected chi connectivity index (χ4v) is 3.13. The molecule has 0 radical (unpaired) electrons. The molecular formula is C23H38N6O5. The van der Waals surface area contributed by atoms with Gasteiger partial charge in [0.05, 0.1) is 18.8 Å². The molecule has 190 valence electrons. The quantitative estimate of drug-likeness (QED) is 0.109. The topological polar surface area (TPSA) is 150 Å². The zero-order valence-electron chi connectivity index (χ0n) is 20.1. The highest BCUT2D eigenvalue weighted by atomic mass is 16.3. The Morgan fingerprint density at radius 3 is 1.65 bits per heavy atom. The van der Waals surface area contributed by atoms with Crippen molar-refractivity contribution in [3.8, 4) is 0 Å². The van der Waals surface area contributed by atoms with E-state index in [1.165, 1.54) is 17.1 Å². The highest BCUT2D eigenvalue weighted by molar-refractivity contribution is 5.93. The molecule has 0 saturated heterocycles. The number of imide groups is 1. The summed E-state index contributed by atoms with van der Waals surface area (Å²) in [6.45, 7) is 5.64. The Morgan fingerprint density at radius 1 is 0.706 bits per heavy atom. The van der Waals surface area contributed by atoms with Crippen LogP contribution in [-0.2, 0) is 9.59 Å². The number of nitrogens with zero attached hydrogens (tertiary/aromatic N) is 4. The molecule has 0 aliphatic carbocycles. The molecule has 0 atom stereocenters. The number of hydrogen-bond acceptors (Lipinski definition) is 8. The van der Waals surface area contributed by atoms with Crippen molar-refractivity contribution >= 4 is 24.2 Å². The van der Waals surface area contributed by atoms with Gasteiger partial charge in [0, 0.05) is 19.6 Å². The zero-order chi connectivity index (χ0) is 25.3. The predicted molar refractivity (Wildman–Crippen MR) is 130 cm³/mol. The van der Waals surface area contributed by atoms with Crippen molar-refractivity contribution in [3.63, 3.8) is 0 Å². The van der Waals surface area contributed by atoms with E-state index in [-0.39, 0.29) is 6.54 Å². The molecule has 2 N–H and O–H groups in total. The van der Waals surface area contributed by atoms with Crippen molar-refractivity contribution in [1.29, 1.82) is 0 Å². The fourth-order valence-electron chi connectivity index (χ4n) is 3.13. The van der Waals surface area contributed by atoms with Crippen molar-refractivity contribution < 1.29 is 19.2 Å². The smallest absolute Gasteiger partial charge is 0.325 e. The number of urea groups is 2. The molecule has 0 rings (SSSR count). The van der Waals surface area contributed by atoms with Gasteiger partial charge in [-0.2, -0.15) is 0 Å². The number of unbranched alkanes of at least 4 members (excludes halogenated alkanes) is 8. The molecule has 0 bridgehead atoms. The Balaban J connectivity index is 4.39. The molecule has 0 aromatic rings. The maximum Gasteiger partial charge on any atom is 0.325 e. The van der Waals surface area contributed by atoms with Crippen molar-refractivity contribution in [2.45, 2.75) is 77.0 Å². The number of carbonyl (C=O) groups excluding carboxylic acids is 4. The van der Waals surface area contributed by atoms with Crippen LogP contribution in [0.4, 0.5) is 9.59 Å². The number of nitrogens with one attached hydrogen (secondary N) is 2. The number of carbonyl (C=O) groups is 2. The molecule has 0 spiro atoms. The molecule has 0 heterocycles. The van der Waals surface area contributed by atoms with Gasteiger partial charge in [0.25, 0.3) is 0 Å². The number of nitroso groups, excluding NO2 is 1. The first-order valence-electron chi connectivity index (χ1n) is 12.0. The molecule has 0 saturated carbocycles. The second-order valence-corrected chi connectivity index (χ2v) is 7.86. The first kappa shape index (κ1) is 30.8. The van der Waals surface area contributed by atoms with Crippen LogP contribution in [0.3, 0.4) is 0 Å². The molecule has 11 heteroatoms. The van der Waals surface area contributed by atoms with E-state index in [4.69, 9.17) is 0 Å². The summed E-state index contributed by atoms with van der Waals surface area (Å²) in [5.74, 6) is 0. The number of rotatable bonds is 21. The highest BCUT2D eigenvalue weighted by Crippen LogP contribution is 2.09. The minimum absolute atomic E-state index is 0.270. The second kappa shape index (κ2) is 23.0.